The standard InChI is InChI=1S/C11H16BrN5O2/c12-9-8(14-3-4-15-11(13)19)5-16-17(10(9)18)6-7-1-2-7/h5,7,14H,1-4,6H2,(H3,13,15,19). The second kappa shape index (κ2) is 6.05. The minimum atomic E-state index is -0.571. The molecule has 1 aliphatic rings. The molecule has 8 heteroatoms. The van der Waals surface area contributed by atoms with Gasteiger partial charge in [0.05, 0.1) is 11.9 Å². The Kier molecular flexibility index (Phi) is 4.41. The van der Waals surface area contributed by atoms with Crippen molar-refractivity contribution < 1.29 is 4.79 Å². The zero-order valence-electron chi connectivity index (χ0n) is 10.4. The van der Waals surface area contributed by atoms with Crippen LogP contribution in [0.5, 0.6) is 0 Å². The lowest BCUT2D eigenvalue weighted by Gasteiger charge is -2.10. The highest BCUT2D eigenvalue weighted by atomic mass is 79.9. The second-order valence-corrected chi connectivity index (χ2v) is 5.31. The fourth-order valence-corrected chi connectivity index (χ4v) is 2.09. The van der Waals surface area contributed by atoms with Gasteiger partial charge in [0.15, 0.2) is 0 Å². The smallest absolute Gasteiger partial charge is 0.312 e. The molecular formula is C11H16BrN5O2. The summed E-state index contributed by atoms with van der Waals surface area (Å²) in [5, 5.41) is 9.60. The number of nitrogens with two attached hydrogens (primary N) is 1. The van der Waals surface area contributed by atoms with Gasteiger partial charge in [0.2, 0.25) is 0 Å². The first-order valence-corrected chi connectivity index (χ1v) is 6.90. The number of halogens is 1. The van der Waals surface area contributed by atoms with Gasteiger partial charge >= 0.3 is 6.03 Å². The van der Waals surface area contributed by atoms with Crippen molar-refractivity contribution in [2.75, 3.05) is 18.4 Å². The molecule has 1 aliphatic carbocycles. The molecule has 0 radical (unpaired) electrons. The van der Waals surface area contributed by atoms with Gasteiger partial charge in [-0.05, 0) is 34.7 Å². The number of nitrogens with zero attached hydrogens (tertiary/aromatic N) is 2. The SMILES string of the molecule is NC(=O)NCCNc1cnn(CC2CC2)c(=O)c1Br. The Morgan fingerprint density at radius 2 is 2.26 bits per heavy atom. The predicted molar refractivity (Wildman–Crippen MR) is 75.0 cm³/mol. The average Bonchev–Trinajstić information content (AvgIpc) is 3.17. The van der Waals surface area contributed by atoms with Gasteiger partial charge in [0, 0.05) is 19.6 Å². The quantitative estimate of drug-likeness (QED) is 0.661. The van der Waals surface area contributed by atoms with Crippen LogP contribution in [0.2, 0.25) is 0 Å². The number of nitrogens with one attached hydrogen (secondary N) is 2. The Morgan fingerprint density at radius 3 is 2.89 bits per heavy atom. The Hall–Kier alpha value is -1.57. The van der Waals surface area contributed by atoms with Crippen LogP contribution in [0, 0.1) is 5.92 Å². The number of urea groups is 1. The Bertz CT molecular complexity index is 526. The molecule has 2 rings (SSSR count). The summed E-state index contributed by atoms with van der Waals surface area (Å²) in [4.78, 5) is 22.5. The monoisotopic (exact) mass is 329 g/mol. The van der Waals surface area contributed by atoms with E-state index in [1.165, 1.54) is 17.5 Å². The minimum absolute atomic E-state index is 0.139. The third-order valence-electron chi connectivity index (χ3n) is 2.85. The Labute approximate surface area is 118 Å². The molecule has 0 aliphatic heterocycles. The van der Waals surface area contributed by atoms with E-state index in [2.05, 4.69) is 31.7 Å². The van der Waals surface area contributed by atoms with E-state index in [1.807, 2.05) is 0 Å². The molecule has 4 N–H and O–H groups in total. The third-order valence-corrected chi connectivity index (χ3v) is 3.62. The summed E-state index contributed by atoms with van der Waals surface area (Å²) < 4.78 is 1.94. The van der Waals surface area contributed by atoms with Crippen molar-refractivity contribution in [3.8, 4) is 0 Å². The summed E-state index contributed by atoms with van der Waals surface area (Å²) in [5.74, 6) is 0.593. The van der Waals surface area contributed by atoms with E-state index in [0.29, 0.717) is 35.7 Å². The maximum atomic E-state index is 12.0. The van der Waals surface area contributed by atoms with Gasteiger partial charge in [0.1, 0.15) is 4.47 Å². The highest BCUT2D eigenvalue weighted by Gasteiger charge is 2.23. The maximum absolute atomic E-state index is 12.0. The van der Waals surface area contributed by atoms with Gasteiger partial charge in [-0.25, -0.2) is 9.48 Å². The van der Waals surface area contributed by atoms with Gasteiger partial charge in [-0.1, -0.05) is 0 Å². The number of aromatic nitrogens is 2. The lowest BCUT2D eigenvalue weighted by atomic mass is 10.4. The molecule has 0 spiro atoms. The number of primary amides is 1. The van der Waals surface area contributed by atoms with E-state index in [1.54, 1.807) is 6.20 Å². The van der Waals surface area contributed by atoms with Gasteiger partial charge in [0.25, 0.3) is 5.56 Å². The van der Waals surface area contributed by atoms with Crippen LogP contribution in [-0.4, -0.2) is 28.9 Å². The number of carbonyl (C=O) groups excluding carboxylic acids is 1. The lowest BCUT2D eigenvalue weighted by molar-refractivity contribution is 0.249. The van der Waals surface area contributed by atoms with Crippen molar-refractivity contribution in [2.24, 2.45) is 11.7 Å². The predicted octanol–water partition coefficient (Wildman–Crippen LogP) is 0.496. The van der Waals surface area contributed by atoms with E-state index >= 15 is 0 Å². The molecule has 1 heterocycles. The normalized spacial score (nSPS) is 14.2. The zero-order valence-corrected chi connectivity index (χ0v) is 11.9. The molecule has 0 atom stereocenters. The van der Waals surface area contributed by atoms with Gasteiger partial charge in [-0.2, -0.15) is 5.10 Å². The fourth-order valence-electron chi connectivity index (χ4n) is 1.65. The Balaban J connectivity index is 1.95. The topological polar surface area (TPSA) is 102 Å². The summed E-state index contributed by atoms with van der Waals surface area (Å²) in [7, 11) is 0. The van der Waals surface area contributed by atoms with E-state index in [0.717, 1.165) is 0 Å². The average molecular weight is 330 g/mol. The van der Waals surface area contributed by atoms with Crippen LogP contribution >= 0.6 is 15.9 Å². The second-order valence-electron chi connectivity index (χ2n) is 4.52. The lowest BCUT2D eigenvalue weighted by Crippen LogP contribution is -2.33. The van der Waals surface area contributed by atoms with Crippen LogP contribution in [0.15, 0.2) is 15.5 Å². The summed E-state index contributed by atoms with van der Waals surface area (Å²) >= 11 is 3.27. The molecule has 0 aromatic carbocycles. The Morgan fingerprint density at radius 1 is 1.53 bits per heavy atom. The third kappa shape index (κ3) is 3.95. The first kappa shape index (κ1) is 13.9. The van der Waals surface area contributed by atoms with Crippen LogP contribution in [-0.2, 0) is 6.54 Å². The van der Waals surface area contributed by atoms with Crippen LogP contribution in [0.1, 0.15) is 12.8 Å². The molecule has 1 aromatic heterocycles. The fraction of sp³-hybridized carbons (Fsp3) is 0.545. The van der Waals surface area contributed by atoms with Crippen molar-refractivity contribution in [1.29, 1.82) is 0 Å². The van der Waals surface area contributed by atoms with E-state index < -0.39 is 6.03 Å². The van der Waals surface area contributed by atoms with Crippen LogP contribution < -0.4 is 21.9 Å². The van der Waals surface area contributed by atoms with Crippen LogP contribution in [0.4, 0.5) is 10.5 Å². The van der Waals surface area contributed by atoms with Crippen LogP contribution in [0.3, 0.4) is 0 Å². The molecule has 1 fully saturated rings. The van der Waals surface area contributed by atoms with E-state index in [-0.39, 0.29) is 5.56 Å². The minimum Gasteiger partial charge on any atom is -0.381 e. The molecule has 0 bridgehead atoms. The summed E-state index contributed by atoms with van der Waals surface area (Å²) in [6, 6.07) is -0.571. The molecule has 2 amide bonds. The van der Waals surface area contributed by atoms with Crippen molar-refractivity contribution in [3.63, 3.8) is 0 Å². The van der Waals surface area contributed by atoms with Gasteiger partial charge in [-0.15, -0.1) is 0 Å². The van der Waals surface area contributed by atoms with Gasteiger partial charge < -0.3 is 16.4 Å². The number of hydrogen-bond acceptors (Lipinski definition) is 4. The van der Waals surface area contributed by atoms with Crippen molar-refractivity contribution in [3.05, 3.63) is 21.0 Å². The molecule has 1 aromatic rings. The molecule has 0 unspecified atom stereocenters. The molecule has 0 saturated heterocycles. The number of hydrogen-bond donors (Lipinski definition) is 3. The zero-order chi connectivity index (χ0) is 13.8. The van der Waals surface area contributed by atoms with Crippen LogP contribution in [0.25, 0.3) is 0 Å². The largest absolute Gasteiger partial charge is 0.381 e. The summed E-state index contributed by atoms with van der Waals surface area (Å²) in [6.07, 6.45) is 3.95. The number of anilines is 1. The van der Waals surface area contributed by atoms with Gasteiger partial charge in [-0.3, -0.25) is 4.79 Å². The molecule has 1 saturated carbocycles. The van der Waals surface area contributed by atoms with Crippen molar-refractivity contribution >= 4 is 27.6 Å². The van der Waals surface area contributed by atoms with E-state index in [9.17, 15) is 9.59 Å². The maximum Gasteiger partial charge on any atom is 0.312 e. The van der Waals surface area contributed by atoms with Crippen molar-refractivity contribution in [1.82, 2.24) is 15.1 Å². The molecule has 7 nitrogen and oxygen atoms in total. The van der Waals surface area contributed by atoms with E-state index in [4.69, 9.17) is 5.73 Å². The summed E-state index contributed by atoms with van der Waals surface area (Å²) in [5.41, 5.74) is 5.42. The first-order valence-electron chi connectivity index (χ1n) is 6.10. The first-order chi connectivity index (χ1) is 9.08. The number of carbonyl (C=O) groups is 1. The molecule has 104 valence electrons. The highest BCUT2D eigenvalue weighted by molar-refractivity contribution is 9.10. The number of rotatable bonds is 6. The molecule has 19 heavy (non-hydrogen) atoms. The molecular weight excluding hydrogens is 314 g/mol. The summed E-state index contributed by atoms with van der Waals surface area (Å²) in [6.45, 7) is 1.53. The van der Waals surface area contributed by atoms with Crippen molar-refractivity contribution in [2.45, 2.75) is 19.4 Å². The number of amides is 2. The highest BCUT2D eigenvalue weighted by Crippen LogP contribution is 2.30.